The number of anilines is 1. The van der Waals surface area contributed by atoms with E-state index < -0.39 is 11.9 Å². The van der Waals surface area contributed by atoms with Crippen LogP contribution in [0.5, 0.6) is 0 Å². The second-order valence-corrected chi connectivity index (χ2v) is 6.49. The van der Waals surface area contributed by atoms with E-state index in [1.165, 1.54) is 0 Å². The smallest absolute Gasteiger partial charge is 0.248 e. The summed E-state index contributed by atoms with van der Waals surface area (Å²) in [6, 6.07) is 16.5. The summed E-state index contributed by atoms with van der Waals surface area (Å²) in [7, 11) is 0. The van der Waals surface area contributed by atoms with Gasteiger partial charge in [0.2, 0.25) is 11.9 Å². The lowest BCUT2D eigenvalue weighted by molar-refractivity contribution is -0.115. The average Bonchev–Trinajstić information content (AvgIpc) is 3.05. The van der Waals surface area contributed by atoms with Gasteiger partial charge in [-0.1, -0.05) is 41.9 Å². The molecule has 1 aromatic heterocycles. The molecule has 1 aliphatic rings. The molecule has 26 heavy (non-hydrogen) atoms. The lowest BCUT2D eigenvalue weighted by Crippen LogP contribution is -2.31. The summed E-state index contributed by atoms with van der Waals surface area (Å²) in [5.74, 6) is 0.618. The minimum absolute atomic E-state index is 0.432. The Morgan fingerprint density at radius 1 is 1.15 bits per heavy atom. The Balaban J connectivity index is 1.87. The maximum absolute atomic E-state index is 12.1. The van der Waals surface area contributed by atoms with Crippen molar-refractivity contribution >= 4 is 23.5 Å². The van der Waals surface area contributed by atoms with E-state index in [1.54, 1.807) is 16.8 Å². The van der Waals surface area contributed by atoms with E-state index in [1.807, 2.05) is 49.4 Å². The van der Waals surface area contributed by atoms with Gasteiger partial charge in [0.1, 0.15) is 6.04 Å². The number of nitrogens with one attached hydrogen (secondary N) is 1. The third kappa shape index (κ3) is 2.74. The summed E-state index contributed by atoms with van der Waals surface area (Å²) >= 11 is 5.96. The number of carbonyl (C=O) groups excluding carboxylic acids is 1. The van der Waals surface area contributed by atoms with Crippen LogP contribution in [0.1, 0.15) is 18.5 Å². The molecule has 1 aliphatic heterocycles. The predicted molar refractivity (Wildman–Crippen MR) is 101 cm³/mol. The first-order valence-corrected chi connectivity index (χ1v) is 8.47. The van der Waals surface area contributed by atoms with E-state index in [-0.39, 0.29) is 0 Å². The Morgan fingerprint density at radius 3 is 2.50 bits per heavy atom. The fourth-order valence-corrected chi connectivity index (χ4v) is 3.26. The molecule has 0 bridgehead atoms. The van der Waals surface area contributed by atoms with Crippen molar-refractivity contribution < 1.29 is 4.79 Å². The van der Waals surface area contributed by atoms with Gasteiger partial charge >= 0.3 is 0 Å². The minimum atomic E-state index is -0.488. The lowest BCUT2D eigenvalue weighted by Gasteiger charge is -2.27. The maximum Gasteiger partial charge on any atom is 0.248 e. The van der Waals surface area contributed by atoms with Gasteiger partial charge in [-0.2, -0.15) is 4.98 Å². The number of primary amides is 1. The highest BCUT2D eigenvalue weighted by atomic mass is 35.5. The molecule has 7 heteroatoms. The van der Waals surface area contributed by atoms with E-state index in [2.05, 4.69) is 15.4 Å². The zero-order valence-electron chi connectivity index (χ0n) is 14.0. The number of hydrogen-bond acceptors (Lipinski definition) is 4. The number of allylic oxidation sites excluding steroid dienone is 1. The number of nitrogens with two attached hydrogens (primary N) is 1. The van der Waals surface area contributed by atoms with Gasteiger partial charge in [0.15, 0.2) is 5.82 Å². The Bertz CT molecular complexity index is 1010. The van der Waals surface area contributed by atoms with Crippen LogP contribution in [0.15, 0.2) is 65.9 Å². The van der Waals surface area contributed by atoms with Crippen molar-refractivity contribution in [2.45, 2.75) is 13.0 Å². The van der Waals surface area contributed by atoms with Gasteiger partial charge in [0, 0.05) is 16.3 Å². The third-order valence-corrected chi connectivity index (χ3v) is 4.59. The van der Waals surface area contributed by atoms with Gasteiger partial charge in [0.05, 0.1) is 5.57 Å². The summed E-state index contributed by atoms with van der Waals surface area (Å²) in [5, 5.41) is 8.41. The van der Waals surface area contributed by atoms with Crippen molar-refractivity contribution in [1.82, 2.24) is 14.8 Å². The van der Waals surface area contributed by atoms with Crippen LogP contribution in [0, 0.1) is 0 Å². The highest BCUT2D eigenvalue weighted by Gasteiger charge is 2.33. The van der Waals surface area contributed by atoms with E-state index >= 15 is 0 Å². The standard InChI is InChI=1S/C19H16ClN5O/c1-11-15(17(21)26)16(12-5-3-2-4-6-12)25-19(22-11)23-18(24-25)13-7-9-14(20)10-8-13/h2-10,16H,1H3,(H2,21,26)(H,22,23,24)/t16-/m0/s1. The number of halogens is 1. The molecular formula is C19H16ClN5O. The summed E-state index contributed by atoms with van der Waals surface area (Å²) in [6.45, 7) is 1.82. The molecule has 3 N–H and O–H groups in total. The molecule has 130 valence electrons. The van der Waals surface area contributed by atoms with Gasteiger partial charge < -0.3 is 11.1 Å². The van der Waals surface area contributed by atoms with Crippen molar-refractivity contribution in [3.63, 3.8) is 0 Å². The molecule has 1 amide bonds. The van der Waals surface area contributed by atoms with Crippen molar-refractivity contribution in [1.29, 1.82) is 0 Å². The molecule has 6 nitrogen and oxygen atoms in total. The quantitative estimate of drug-likeness (QED) is 0.745. The van der Waals surface area contributed by atoms with Gasteiger partial charge in [-0.25, -0.2) is 4.68 Å². The van der Waals surface area contributed by atoms with Crippen LogP contribution in [0.2, 0.25) is 5.02 Å². The normalized spacial score (nSPS) is 16.2. The molecule has 0 aliphatic carbocycles. The van der Waals surface area contributed by atoms with Crippen LogP contribution in [-0.2, 0) is 4.79 Å². The van der Waals surface area contributed by atoms with Crippen LogP contribution in [0.25, 0.3) is 11.4 Å². The molecule has 0 unspecified atom stereocenters. The predicted octanol–water partition coefficient (Wildman–Crippen LogP) is 3.37. The monoisotopic (exact) mass is 365 g/mol. The van der Waals surface area contributed by atoms with Crippen molar-refractivity contribution in [3.05, 3.63) is 76.5 Å². The number of nitrogens with zero attached hydrogens (tertiary/aromatic N) is 3. The second-order valence-electron chi connectivity index (χ2n) is 6.05. The molecule has 2 aromatic carbocycles. The van der Waals surface area contributed by atoms with Crippen LogP contribution in [-0.4, -0.2) is 20.7 Å². The molecule has 2 heterocycles. The van der Waals surface area contributed by atoms with Crippen LogP contribution < -0.4 is 11.1 Å². The SMILES string of the molecule is CC1=C(C(N)=O)[C@H](c2ccccc2)n2nc(-c3ccc(Cl)cc3)nc2N1. The van der Waals surface area contributed by atoms with Crippen molar-refractivity contribution in [3.8, 4) is 11.4 Å². The number of hydrogen-bond donors (Lipinski definition) is 2. The van der Waals surface area contributed by atoms with E-state index in [0.29, 0.717) is 28.1 Å². The van der Waals surface area contributed by atoms with Crippen LogP contribution >= 0.6 is 11.6 Å². The molecule has 3 aromatic rings. The molecule has 0 radical (unpaired) electrons. The maximum atomic E-state index is 12.1. The number of rotatable bonds is 3. The molecule has 0 fully saturated rings. The van der Waals surface area contributed by atoms with Gasteiger partial charge in [-0.15, -0.1) is 5.10 Å². The van der Waals surface area contributed by atoms with Gasteiger partial charge in [0.25, 0.3) is 0 Å². The zero-order valence-corrected chi connectivity index (χ0v) is 14.7. The first-order chi connectivity index (χ1) is 12.5. The molecule has 1 atom stereocenters. The summed E-state index contributed by atoms with van der Waals surface area (Å²) in [5.41, 5.74) is 8.56. The summed E-state index contributed by atoms with van der Waals surface area (Å²) in [4.78, 5) is 16.7. The lowest BCUT2D eigenvalue weighted by atomic mass is 9.95. The first kappa shape index (κ1) is 16.4. The number of benzene rings is 2. The molecule has 0 saturated carbocycles. The largest absolute Gasteiger partial charge is 0.366 e. The van der Waals surface area contributed by atoms with Gasteiger partial charge in [-0.3, -0.25) is 4.79 Å². The number of amides is 1. The topological polar surface area (TPSA) is 85.8 Å². The Kier molecular flexibility index (Phi) is 3.97. The Labute approximate surface area is 155 Å². The summed E-state index contributed by atoms with van der Waals surface area (Å²) in [6.07, 6.45) is 0. The Hall–Kier alpha value is -3.12. The fourth-order valence-electron chi connectivity index (χ4n) is 3.13. The van der Waals surface area contributed by atoms with E-state index in [0.717, 1.165) is 11.1 Å². The van der Waals surface area contributed by atoms with E-state index in [4.69, 9.17) is 17.3 Å². The second kappa shape index (κ2) is 6.31. The molecule has 0 spiro atoms. The van der Waals surface area contributed by atoms with Gasteiger partial charge in [-0.05, 0) is 36.8 Å². The third-order valence-electron chi connectivity index (χ3n) is 4.34. The number of fused-ring (bicyclic) bond motifs is 1. The van der Waals surface area contributed by atoms with Crippen LogP contribution in [0.4, 0.5) is 5.95 Å². The highest BCUT2D eigenvalue weighted by Crippen LogP contribution is 2.35. The van der Waals surface area contributed by atoms with E-state index in [9.17, 15) is 4.79 Å². The minimum Gasteiger partial charge on any atom is -0.366 e. The van der Waals surface area contributed by atoms with Crippen LogP contribution in [0.3, 0.4) is 0 Å². The fraction of sp³-hybridized carbons (Fsp3) is 0.105. The van der Waals surface area contributed by atoms with Crippen molar-refractivity contribution in [2.75, 3.05) is 5.32 Å². The average molecular weight is 366 g/mol. The number of aromatic nitrogens is 3. The van der Waals surface area contributed by atoms with Crippen molar-refractivity contribution in [2.24, 2.45) is 5.73 Å². The molecule has 0 saturated heterocycles. The molecular weight excluding hydrogens is 350 g/mol. The number of carbonyl (C=O) groups is 1. The Morgan fingerprint density at radius 2 is 1.85 bits per heavy atom. The zero-order chi connectivity index (χ0) is 18.3. The molecule has 4 rings (SSSR count). The summed E-state index contributed by atoms with van der Waals surface area (Å²) < 4.78 is 1.70. The highest BCUT2D eigenvalue weighted by molar-refractivity contribution is 6.30. The first-order valence-electron chi connectivity index (χ1n) is 8.09.